The van der Waals surface area contributed by atoms with Crippen molar-refractivity contribution in [3.8, 4) is 0 Å². The third kappa shape index (κ3) is 2580. The van der Waals surface area contributed by atoms with E-state index in [1.165, 1.54) is 0 Å². The largest absolute Gasteiger partial charge is 0.394 e. The molecule has 0 unspecified atom stereocenters. The highest BCUT2D eigenvalue weighted by Crippen LogP contribution is 1.59. The number of hydrogen-bond acceptors (Lipinski definition) is 3. The molecule has 5 nitrogen and oxygen atoms in total. The number of hydrogen-bond donors (Lipinski definition) is 3. The molecule has 0 aliphatic heterocycles. The maximum absolute atomic E-state index is 8.74. The summed E-state index contributed by atoms with van der Waals surface area (Å²) < 4.78 is 31.6. The average molecular weight is 173 g/mol. The molecular weight excluding hydrogens is 161 g/mol. The monoisotopic (exact) mass is 173 g/mol. The summed E-state index contributed by atoms with van der Waals surface area (Å²) >= 11 is 0. The van der Waals surface area contributed by atoms with Gasteiger partial charge >= 0.3 is 10.4 Å². The van der Waals surface area contributed by atoms with Crippen LogP contribution < -0.4 is 5.32 Å². The Kier molecular flexibility index (Phi) is 15.0. The van der Waals surface area contributed by atoms with Crippen molar-refractivity contribution in [1.29, 1.82) is 0 Å². The molecule has 0 radical (unpaired) electrons. The van der Waals surface area contributed by atoms with E-state index in [9.17, 15) is 0 Å². The maximum atomic E-state index is 8.74. The Balaban J connectivity index is -0.0000000800. The molecule has 0 atom stereocenters. The van der Waals surface area contributed by atoms with E-state index in [1.807, 2.05) is 14.1 Å². The van der Waals surface area contributed by atoms with Crippen molar-refractivity contribution in [2.75, 3.05) is 14.1 Å². The Bertz CT molecular complexity index is 113. The van der Waals surface area contributed by atoms with Crippen molar-refractivity contribution < 1.29 is 17.5 Å². The third-order valence-corrected chi connectivity index (χ3v) is 0. The molecular formula is C2H12AlNO4S. The Hall–Kier alpha value is 0.362. The standard InChI is InChI=1S/C2H7N.Al.H2O4S.3H/c1-3-2;;1-5(2,3)4;;;/h3H,1-2H3;;(H2,1,2,3,4);;;. The summed E-state index contributed by atoms with van der Waals surface area (Å²) in [7, 11) is -0.917. The Morgan fingerprint density at radius 1 is 1.22 bits per heavy atom. The summed E-state index contributed by atoms with van der Waals surface area (Å²) in [5.41, 5.74) is 0. The van der Waals surface area contributed by atoms with Crippen LogP contribution in [-0.4, -0.2) is 49.0 Å². The summed E-state index contributed by atoms with van der Waals surface area (Å²) in [6, 6.07) is 0. The van der Waals surface area contributed by atoms with Crippen molar-refractivity contribution in [3.63, 3.8) is 0 Å². The summed E-state index contributed by atoms with van der Waals surface area (Å²) in [6.45, 7) is 0. The first-order valence-electron chi connectivity index (χ1n) is 1.70. The second-order valence-corrected chi connectivity index (χ2v) is 1.84. The van der Waals surface area contributed by atoms with Crippen LogP contribution in [0.25, 0.3) is 0 Å². The van der Waals surface area contributed by atoms with Gasteiger partial charge in [0.25, 0.3) is 0 Å². The van der Waals surface area contributed by atoms with E-state index in [0.29, 0.717) is 0 Å². The van der Waals surface area contributed by atoms with Gasteiger partial charge in [-0.25, -0.2) is 0 Å². The van der Waals surface area contributed by atoms with E-state index in [1.54, 1.807) is 0 Å². The first kappa shape index (κ1) is 16.2. The van der Waals surface area contributed by atoms with Gasteiger partial charge in [0.2, 0.25) is 0 Å². The van der Waals surface area contributed by atoms with Gasteiger partial charge in [-0.15, -0.1) is 0 Å². The van der Waals surface area contributed by atoms with Crippen molar-refractivity contribution in [2.45, 2.75) is 0 Å². The first-order chi connectivity index (χ1) is 3.41. The van der Waals surface area contributed by atoms with Gasteiger partial charge in [-0.3, -0.25) is 9.11 Å². The van der Waals surface area contributed by atoms with E-state index >= 15 is 0 Å². The lowest BCUT2D eigenvalue weighted by atomic mass is 11.3. The lowest BCUT2D eigenvalue weighted by Gasteiger charge is -1.68. The highest BCUT2D eigenvalue weighted by atomic mass is 32.3. The molecule has 0 fully saturated rings. The fourth-order valence-electron chi connectivity index (χ4n) is 0. The van der Waals surface area contributed by atoms with Crippen LogP contribution in [0, 0.1) is 0 Å². The van der Waals surface area contributed by atoms with Crippen molar-refractivity contribution >= 4 is 27.8 Å². The highest BCUT2D eigenvalue weighted by molar-refractivity contribution is 7.79. The van der Waals surface area contributed by atoms with Crippen LogP contribution in [0.1, 0.15) is 0 Å². The van der Waals surface area contributed by atoms with Gasteiger partial charge in [0, 0.05) is 0 Å². The van der Waals surface area contributed by atoms with E-state index in [2.05, 4.69) is 5.32 Å². The molecule has 0 aromatic rings. The van der Waals surface area contributed by atoms with Crippen LogP contribution in [-0.2, 0) is 10.4 Å². The molecule has 0 aromatic carbocycles. The second-order valence-electron chi connectivity index (χ2n) is 0.948. The van der Waals surface area contributed by atoms with Gasteiger partial charge in [0.1, 0.15) is 0 Å². The Labute approximate surface area is 65.2 Å². The zero-order valence-electron chi connectivity index (χ0n) is 4.62. The summed E-state index contributed by atoms with van der Waals surface area (Å²) in [5, 5.41) is 2.75. The van der Waals surface area contributed by atoms with Crippen LogP contribution >= 0.6 is 0 Å². The van der Waals surface area contributed by atoms with Gasteiger partial charge in [-0.05, 0) is 14.1 Å². The lowest BCUT2D eigenvalue weighted by molar-refractivity contribution is 0.381. The van der Waals surface area contributed by atoms with E-state index < -0.39 is 10.4 Å². The van der Waals surface area contributed by atoms with Crippen molar-refractivity contribution in [1.82, 2.24) is 5.32 Å². The summed E-state index contributed by atoms with van der Waals surface area (Å²) in [6.07, 6.45) is 0. The minimum Gasteiger partial charge on any atom is -0.323 e. The van der Waals surface area contributed by atoms with Crippen LogP contribution in [0.4, 0.5) is 0 Å². The topological polar surface area (TPSA) is 86.6 Å². The molecule has 9 heavy (non-hydrogen) atoms. The third-order valence-electron chi connectivity index (χ3n) is 0. The van der Waals surface area contributed by atoms with Gasteiger partial charge in [0.15, 0.2) is 17.4 Å². The molecule has 3 N–H and O–H groups in total. The molecule has 0 heterocycles. The molecule has 0 saturated carbocycles. The Morgan fingerprint density at radius 3 is 1.22 bits per heavy atom. The SMILES string of the molecule is CNC.O=S(=O)(O)O.[AlH3]. The molecule has 0 rings (SSSR count). The minimum absolute atomic E-state index is 0. The maximum Gasteiger partial charge on any atom is 0.394 e. The summed E-state index contributed by atoms with van der Waals surface area (Å²) in [5.74, 6) is 0. The predicted molar refractivity (Wildman–Crippen MR) is 39.1 cm³/mol. The molecule has 58 valence electrons. The van der Waals surface area contributed by atoms with Crippen LogP contribution in [0.15, 0.2) is 0 Å². The van der Waals surface area contributed by atoms with E-state index in [0.717, 1.165) is 0 Å². The normalized spacial score (nSPS) is 8.44. The van der Waals surface area contributed by atoms with E-state index in [4.69, 9.17) is 17.5 Å². The lowest BCUT2D eigenvalue weighted by Crippen LogP contribution is -1.89. The number of nitrogens with one attached hydrogen (secondary N) is 1. The first-order valence-corrected chi connectivity index (χ1v) is 3.10. The van der Waals surface area contributed by atoms with Crippen LogP contribution in [0.2, 0.25) is 0 Å². The van der Waals surface area contributed by atoms with Crippen molar-refractivity contribution in [2.24, 2.45) is 0 Å². The van der Waals surface area contributed by atoms with Gasteiger partial charge in [-0.2, -0.15) is 8.42 Å². The van der Waals surface area contributed by atoms with Crippen molar-refractivity contribution in [3.05, 3.63) is 0 Å². The average Bonchev–Trinajstić information content (AvgIpc) is 1.27. The van der Waals surface area contributed by atoms with Gasteiger partial charge in [0.05, 0.1) is 0 Å². The van der Waals surface area contributed by atoms with Crippen LogP contribution in [0.3, 0.4) is 0 Å². The zero-order valence-corrected chi connectivity index (χ0v) is 5.44. The molecule has 7 heteroatoms. The molecule has 0 aliphatic rings. The quantitative estimate of drug-likeness (QED) is 0.291. The molecule has 0 saturated heterocycles. The molecule has 0 aromatic heterocycles. The predicted octanol–water partition coefficient (Wildman–Crippen LogP) is -2.00. The molecule has 0 bridgehead atoms. The minimum atomic E-state index is -4.67. The molecule has 0 amide bonds. The fraction of sp³-hybridized carbons (Fsp3) is 1.00. The summed E-state index contributed by atoms with van der Waals surface area (Å²) in [4.78, 5) is 0. The van der Waals surface area contributed by atoms with Gasteiger partial charge < -0.3 is 5.32 Å². The molecule has 0 spiro atoms. The number of rotatable bonds is 0. The van der Waals surface area contributed by atoms with Crippen LogP contribution in [0.5, 0.6) is 0 Å². The van der Waals surface area contributed by atoms with Gasteiger partial charge in [-0.1, -0.05) is 0 Å². The smallest absolute Gasteiger partial charge is 0.323 e. The van der Waals surface area contributed by atoms with E-state index in [-0.39, 0.29) is 17.4 Å². The second kappa shape index (κ2) is 8.36. The zero-order chi connectivity index (χ0) is 7.21. The Morgan fingerprint density at radius 2 is 1.22 bits per heavy atom. The highest BCUT2D eigenvalue weighted by Gasteiger charge is 1.84. The fourth-order valence-corrected chi connectivity index (χ4v) is 0. The molecule has 0 aliphatic carbocycles.